The van der Waals surface area contributed by atoms with Crippen LogP contribution in [0.4, 0.5) is 18.9 Å². The van der Waals surface area contributed by atoms with Crippen molar-refractivity contribution in [3.8, 4) is 0 Å². The van der Waals surface area contributed by atoms with E-state index in [0.717, 1.165) is 18.2 Å². The summed E-state index contributed by atoms with van der Waals surface area (Å²) in [6.45, 7) is 1.63. The first kappa shape index (κ1) is 18.7. The number of rotatable bonds is 5. The minimum Gasteiger partial charge on any atom is -0.466 e. The molecule has 4 N–H and O–H groups in total. The Bertz CT molecular complexity index is 693. The summed E-state index contributed by atoms with van der Waals surface area (Å²) in [5.74, 6) is -0.287. The Balaban J connectivity index is 2.14. The van der Waals surface area contributed by atoms with E-state index >= 15 is 0 Å². The maximum absolute atomic E-state index is 12.7. The predicted molar refractivity (Wildman–Crippen MR) is 79.5 cm³/mol. The van der Waals surface area contributed by atoms with Crippen LogP contribution >= 0.6 is 0 Å². The maximum atomic E-state index is 12.7. The molecule has 1 aliphatic carbocycles. The van der Waals surface area contributed by atoms with Crippen LogP contribution in [0.1, 0.15) is 12.5 Å². The van der Waals surface area contributed by atoms with Gasteiger partial charge in [0.25, 0.3) is 0 Å². The highest BCUT2D eigenvalue weighted by atomic mass is 19.4. The van der Waals surface area contributed by atoms with E-state index in [0.29, 0.717) is 0 Å². The lowest BCUT2D eigenvalue weighted by Gasteiger charge is -2.10. The Hall–Kier alpha value is -2.62. The summed E-state index contributed by atoms with van der Waals surface area (Å²) in [5, 5.41) is 2.28. The van der Waals surface area contributed by atoms with Crippen LogP contribution in [0.15, 0.2) is 24.3 Å². The van der Waals surface area contributed by atoms with E-state index in [1.54, 1.807) is 6.92 Å². The van der Waals surface area contributed by atoms with Gasteiger partial charge in [-0.15, -0.1) is 0 Å². The number of benzene rings is 1. The van der Waals surface area contributed by atoms with Gasteiger partial charge in [-0.05, 0) is 25.1 Å². The fourth-order valence-electron chi connectivity index (χ4n) is 2.59. The van der Waals surface area contributed by atoms with Gasteiger partial charge in [0.1, 0.15) is 0 Å². The molecule has 0 radical (unpaired) electrons. The molecule has 136 valence electrons. The van der Waals surface area contributed by atoms with Crippen molar-refractivity contribution >= 4 is 23.5 Å². The summed E-state index contributed by atoms with van der Waals surface area (Å²) >= 11 is 0. The van der Waals surface area contributed by atoms with Crippen LogP contribution in [0.3, 0.4) is 0 Å². The number of ether oxygens (including phenoxy) is 1. The van der Waals surface area contributed by atoms with Gasteiger partial charge >= 0.3 is 12.1 Å². The zero-order valence-corrected chi connectivity index (χ0v) is 13.1. The van der Waals surface area contributed by atoms with Crippen molar-refractivity contribution in [2.24, 2.45) is 23.6 Å². The largest absolute Gasteiger partial charge is 0.466 e. The van der Waals surface area contributed by atoms with Gasteiger partial charge in [-0.3, -0.25) is 19.8 Å². The van der Waals surface area contributed by atoms with Gasteiger partial charge in [0.2, 0.25) is 11.8 Å². The van der Waals surface area contributed by atoms with Crippen molar-refractivity contribution in [3.63, 3.8) is 0 Å². The lowest BCUT2D eigenvalue weighted by atomic mass is 10.2. The maximum Gasteiger partial charge on any atom is 0.416 e. The summed E-state index contributed by atoms with van der Waals surface area (Å²) in [6, 6.07) is 4.03. The molecule has 1 saturated carbocycles. The Morgan fingerprint density at radius 2 is 1.80 bits per heavy atom. The second-order valence-corrected chi connectivity index (χ2v) is 5.41. The third-order valence-corrected chi connectivity index (χ3v) is 3.78. The van der Waals surface area contributed by atoms with Crippen LogP contribution in [0, 0.1) is 17.8 Å². The Morgan fingerprint density at radius 1 is 1.16 bits per heavy atom. The van der Waals surface area contributed by atoms with Gasteiger partial charge < -0.3 is 10.1 Å². The molecule has 0 saturated heterocycles. The molecule has 0 spiro atoms. The van der Waals surface area contributed by atoms with Crippen LogP contribution in [0.25, 0.3) is 0 Å². The number of halogens is 3. The second kappa shape index (κ2) is 7.09. The number of anilines is 1. The smallest absolute Gasteiger partial charge is 0.416 e. The molecule has 25 heavy (non-hydrogen) atoms. The quantitative estimate of drug-likeness (QED) is 0.315. The number of esters is 1. The van der Waals surface area contributed by atoms with Gasteiger partial charge in [0, 0.05) is 5.69 Å². The molecule has 3 unspecified atom stereocenters. The summed E-state index contributed by atoms with van der Waals surface area (Å²) in [4.78, 5) is 35.8. The molecule has 1 fully saturated rings. The number of hydrazine groups is 1. The van der Waals surface area contributed by atoms with Crippen molar-refractivity contribution in [2.75, 3.05) is 11.9 Å². The second-order valence-electron chi connectivity index (χ2n) is 5.41. The zero-order valence-electron chi connectivity index (χ0n) is 13.1. The minimum atomic E-state index is -4.56. The number of alkyl halides is 3. The van der Waals surface area contributed by atoms with Crippen LogP contribution < -0.4 is 16.6 Å². The summed E-state index contributed by atoms with van der Waals surface area (Å²) in [6.07, 6.45) is -4.56. The highest BCUT2D eigenvalue weighted by Crippen LogP contribution is 2.48. The highest BCUT2D eigenvalue weighted by Gasteiger charge is 2.63. The fourth-order valence-corrected chi connectivity index (χ4v) is 2.59. The van der Waals surface area contributed by atoms with Crippen molar-refractivity contribution in [1.29, 1.82) is 0 Å². The van der Waals surface area contributed by atoms with E-state index < -0.39 is 47.3 Å². The first-order chi connectivity index (χ1) is 11.7. The van der Waals surface area contributed by atoms with Crippen LogP contribution in [0.2, 0.25) is 0 Å². The molecular formula is C15H16F3N3O4. The lowest BCUT2D eigenvalue weighted by Crippen LogP contribution is -2.33. The molecule has 0 aromatic heterocycles. The van der Waals surface area contributed by atoms with E-state index in [9.17, 15) is 27.6 Å². The Labute approximate surface area is 140 Å². The zero-order chi connectivity index (χ0) is 18.8. The molecule has 10 heteroatoms. The third-order valence-electron chi connectivity index (χ3n) is 3.78. The van der Waals surface area contributed by atoms with Gasteiger partial charge in [-0.25, -0.2) is 5.84 Å². The number of carbonyl (C=O) groups excluding carboxylic acids is 3. The number of hydrogen-bond acceptors (Lipinski definition) is 5. The molecule has 0 heterocycles. The van der Waals surface area contributed by atoms with Gasteiger partial charge in [-0.2, -0.15) is 13.2 Å². The normalized spacial score (nSPS) is 22.0. The molecule has 7 nitrogen and oxygen atoms in total. The monoisotopic (exact) mass is 359 g/mol. The van der Waals surface area contributed by atoms with E-state index in [1.165, 1.54) is 6.07 Å². The van der Waals surface area contributed by atoms with E-state index in [2.05, 4.69) is 5.32 Å². The minimum absolute atomic E-state index is 0.0638. The van der Waals surface area contributed by atoms with Crippen LogP contribution in [-0.4, -0.2) is 24.4 Å². The topological polar surface area (TPSA) is 111 Å². The predicted octanol–water partition coefficient (Wildman–Crippen LogP) is 1.06. The highest BCUT2D eigenvalue weighted by molar-refractivity contribution is 6.05. The van der Waals surface area contributed by atoms with Crippen molar-refractivity contribution in [3.05, 3.63) is 29.8 Å². The first-order valence-corrected chi connectivity index (χ1v) is 7.36. The van der Waals surface area contributed by atoms with E-state index in [4.69, 9.17) is 10.6 Å². The molecule has 2 amide bonds. The summed E-state index contributed by atoms with van der Waals surface area (Å²) < 4.78 is 42.9. The number of carbonyl (C=O) groups is 3. The van der Waals surface area contributed by atoms with E-state index in [1.807, 2.05) is 5.43 Å². The van der Waals surface area contributed by atoms with E-state index in [-0.39, 0.29) is 12.3 Å². The van der Waals surface area contributed by atoms with Crippen LogP contribution in [-0.2, 0) is 25.3 Å². The molecule has 0 bridgehead atoms. The molecular weight excluding hydrogens is 343 g/mol. The first-order valence-electron chi connectivity index (χ1n) is 7.36. The molecule has 1 aliphatic rings. The average molecular weight is 359 g/mol. The van der Waals surface area contributed by atoms with Crippen molar-refractivity contribution < 1.29 is 32.3 Å². The fraction of sp³-hybridized carbons (Fsp3) is 0.400. The summed E-state index contributed by atoms with van der Waals surface area (Å²) in [7, 11) is 0. The average Bonchev–Trinajstić information content (AvgIpc) is 3.29. The number of amides is 2. The number of hydrogen-bond donors (Lipinski definition) is 3. The number of nitrogens with one attached hydrogen (secondary N) is 2. The summed E-state index contributed by atoms with van der Waals surface area (Å²) in [5.41, 5.74) is 0.829. The molecule has 1 aromatic rings. The molecule has 3 atom stereocenters. The number of nitrogens with two attached hydrogens (primary N) is 1. The van der Waals surface area contributed by atoms with Gasteiger partial charge in [-0.1, -0.05) is 6.07 Å². The molecule has 2 rings (SSSR count). The lowest BCUT2D eigenvalue weighted by molar-refractivity contribution is -0.146. The van der Waals surface area contributed by atoms with Gasteiger partial charge in [0.15, 0.2) is 0 Å². The third kappa shape index (κ3) is 4.08. The van der Waals surface area contributed by atoms with Gasteiger partial charge in [0.05, 0.1) is 29.9 Å². The SMILES string of the molecule is CCOC(=O)C1C(C(=O)NN)C1C(=O)Nc1cccc(C(F)(F)F)c1. The van der Waals surface area contributed by atoms with Crippen molar-refractivity contribution in [2.45, 2.75) is 13.1 Å². The van der Waals surface area contributed by atoms with Crippen molar-refractivity contribution in [1.82, 2.24) is 5.43 Å². The standard InChI is InChI=1S/C15H16F3N3O4/c1-2-25-14(24)11-9(10(11)13(23)21-19)12(22)20-8-5-3-4-7(6-8)15(16,17)18/h3-6,9-11H,2,19H2,1H3,(H,20,22)(H,21,23). The Kier molecular flexibility index (Phi) is 5.31. The molecule has 1 aromatic carbocycles. The molecule has 0 aliphatic heterocycles. The van der Waals surface area contributed by atoms with Crippen LogP contribution in [0.5, 0.6) is 0 Å². The Morgan fingerprint density at radius 3 is 2.36 bits per heavy atom.